The van der Waals surface area contributed by atoms with E-state index in [-0.39, 0.29) is 31.7 Å². The summed E-state index contributed by atoms with van der Waals surface area (Å²) in [6, 6.07) is 2.79. The first-order chi connectivity index (χ1) is 13.2. The number of benzene rings is 1. The smallest absolute Gasteiger partial charge is 0.410 e. The van der Waals surface area contributed by atoms with Crippen LogP contribution in [0.2, 0.25) is 0 Å². The maximum absolute atomic E-state index is 14.2. The Morgan fingerprint density at radius 3 is 2.50 bits per heavy atom. The monoisotopic (exact) mass is 399 g/mol. The molecule has 0 saturated heterocycles. The van der Waals surface area contributed by atoms with E-state index in [2.05, 4.69) is 0 Å². The summed E-state index contributed by atoms with van der Waals surface area (Å²) in [7, 11) is 0. The SMILES string of the molecule is Cc1c(OCCN(CCCF)C(=O)OC(C)(C)C)ccc(F)c1C1OC=CO1. The molecule has 0 N–H and O–H groups in total. The Balaban J connectivity index is 2.01. The van der Waals surface area contributed by atoms with Crippen molar-refractivity contribution in [1.29, 1.82) is 0 Å². The number of hydrogen-bond donors (Lipinski definition) is 0. The third-order valence-corrected chi connectivity index (χ3v) is 3.94. The van der Waals surface area contributed by atoms with Gasteiger partial charge in [-0.1, -0.05) is 0 Å². The molecule has 0 unspecified atom stereocenters. The predicted molar refractivity (Wildman–Crippen MR) is 99.1 cm³/mol. The highest BCUT2D eigenvalue weighted by Crippen LogP contribution is 2.33. The molecule has 0 fully saturated rings. The van der Waals surface area contributed by atoms with Crippen molar-refractivity contribution >= 4 is 6.09 Å². The van der Waals surface area contributed by atoms with E-state index in [4.69, 9.17) is 18.9 Å². The molecule has 0 aliphatic carbocycles. The molecular formula is C20H27F2NO5. The predicted octanol–water partition coefficient (Wildman–Crippen LogP) is 4.63. The summed E-state index contributed by atoms with van der Waals surface area (Å²) < 4.78 is 48.3. The Morgan fingerprint density at radius 1 is 1.21 bits per heavy atom. The number of ether oxygens (including phenoxy) is 4. The molecule has 2 rings (SSSR count). The molecule has 1 aliphatic heterocycles. The molecule has 1 heterocycles. The van der Waals surface area contributed by atoms with E-state index in [9.17, 15) is 13.6 Å². The fraction of sp³-hybridized carbons (Fsp3) is 0.550. The number of carbonyl (C=O) groups is 1. The van der Waals surface area contributed by atoms with Gasteiger partial charge in [-0.25, -0.2) is 9.18 Å². The van der Waals surface area contributed by atoms with Gasteiger partial charge in [0, 0.05) is 12.1 Å². The van der Waals surface area contributed by atoms with Crippen molar-refractivity contribution in [3.05, 3.63) is 41.6 Å². The molecule has 28 heavy (non-hydrogen) atoms. The molecule has 1 aliphatic rings. The van der Waals surface area contributed by atoms with E-state index in [1.807, 2.05) is 0 Å². The quantitative estimate of drug-likeness (QED) is 0.638. The highest BCUT2D eigenvalue weighted by molar-refractivity contribution is 5.68. The summed E-state index contributed by atoms with van der Waals surface area (Å²) in [6.45, 7) is 7.03. The molecule has 0 saturated carbocycles. The number of alkyl halides is 1. The minimum absolute atomic E-state index is 0.141. The fourth-order valence-electron chi connectivity index (χ4n) is 2.63. The van der Waals surface area contributed by atoms with Crippen LogP contribution in [-0.2, 0) is 14.2 Å². The second-order valence-electron chi connectivity index (χ2n) is 7.32. The van der Waals surface area contributed by atoms with Crippen LogP contribution in [-0.4, -0.2) is 43.0 Å². The van der Waals surface area contributed by atoms with Crippen molar-refractivity contribution in [2.24, 2.45) is 0 Å². The van der Waals surface area contributed by atoms with Gasteiger partial charge in [0.1, 0.15) is 36.3 Å². The number of amides is 1. The van der Waals surface area contributed by atoms with E-state index in [0.717, 1.165) is 0 Å². The lowest BCUT2D eigenvalue weighted by atomic mass is 10.1. The Bertz CT molecular complexity index is 695. The third-order valence-electron chi connectivity index (χ3n) is 3.94. The largest absolute Gasteiger partial charge is 0.491 e. The van der Waals surface area contributed by atoms with Crippen LogP contribution in [0.25, 0.3) is 0 Å². The van der Waals surface area contributed by atoms with Crippen molar-refractivity contribution in [1.82, 2.24) is 4.90 Å². The number of rotatable bonds is 8. The molecule has 8 heteroatoms. The average Bonchev–Trinajstić information content (AvgIpc) is 3.12. The van der Waals surface area contributed by atoms with Crippen LogP contribution in [0.4, 0.5) is 13.6 Å². The van der Waals surface area contributed by atoms with Crippen LogP contribution in [0.3, 0.4) is 0 Å². The van der Waals surface area contributed by atoms with Gasteiger partial charge in [0.2, 0.25) is 0 Å². The molecule has 1 aromatic carbocycles. The Kier molecular flexibility index (Phi) is 7.48. The van der Waals surface area contributed by atoms with E-state index < -0.39 is 30.5 Å². The Labute approximate surface area is 164 Å². The van der Waals surface area contributed by atoms with E-state index in [1.54, 1.807) is 27.7 Å². The zero-order valence-electron chi connectivity index (χ0n) is 16.7. The van der Waals surface area contributed by atoms with Gasteiger partial charge in [0.05, 0.1) is 18.8 Å². The van der Waals surface area contributed by atoms with Gasteiger partial charge in [-0.2, -0.15) is 0 Å². The van der Waals surface area contributed by atoms with E-state index in [0.29, 0.717) is 11.3 Å². The maximum atomic E-state index is 14.2. The maximum Gasteiger partial charge on any atom is 0.410 e. The minimum atomic E-state index is -0.855. The van der Waals surface area contributed by atoms with Gasteiger partial charge in [-0.05, 0) is 46.2 Å². The summed E-state index contributed by atoms with van der Waals surface area (Å²) in [5, 5.41) is 0. The molecule has 156 valence electrons. The molecule has 0 atom stereocenters. The van der Waals surface area contributed by atoms with Gasteiger partial charge in [0.15, 0.2) is 0 Å². The molecule has 0 aromatic heterocycles. The van der Waals surface area contributed by atoms with Gasteiger partial charge in [0.25, 0.3) is 6.29 Å². The van der Waals surface area contributed by atoms with Crippen molar-refractivity contribution in [3.8, 4) is 5.75 Å². The number of nitrogens with zero attached hydrogens (tertiary/aromatic N) is 1. The first kappa shape index (κ1) is 21.8. The summed E-state index contributed by atoms with van der Waals surface area (Å²) in [6.07, 6.45) is 1.52. The normalized spacial score (nSPS) is 13.8. The van der Waals surface area contributed by atoms with Gasteiger partial charge in [-0.15, -0.1) is 0 Å². The molecule has 0 bridgehead atoms. The first-order valence-corrected chi connectivity index (χ1v) is 9.14. The van der Waals surface area contributed by atoms with Crippen LogP contribution >= 0.6 is 0 Å². The molecule has 6 nitrogen and oxygen atoms in total. The zero-order valence-corrected chi connectivity index (χ0v) is 16.7. The minimum Gasteiger partial charge on any atom is -0.491 e. The summed E-state index contributed by atoms with van der Waals surface area (Å²) in [4.78, 5) is 13.7. The van der Waals surface area contributed by atoms with Gasteiger partial charge >= 0.3 is 6.09 Å². The summed E-state index contributed by atoms with van der Waals surface area (Å²) in [5.41, 5.74) is 0.147. The number of hydrogen-bond acceptors (Lipinski definition) is 5. The second kappa shape index (κ2) is 9.61. The standard InChI is InChI=1S/C20H27F2NO5/c1-14-16(7-6-15(22)17(14)18-26-12-13-27-18)25-11-10-23(9-5-8-21)19(24)28-20(2,3)4/h6-7,12-13,18H,5,8-11H2,1-4H3. The zero-order chi connectivity index (χ0) is 20.7. The highest BCUT2D eigenvalue weighted by atomic mass is 19.1. The topological polar surface area (TPSA) is 57.2 Å². The number of carbonyl (C=O) groups excluding carboxylic acids is 1. The van der Waals surface area contributed by atoms with E-state index in [1.165, 1.54) is 29.6 Å². The van der Waals surface area contributed by atoms with Crippen molar-refractivity contribution < 1.29 is 32.5 Å². The molecule has 0 radical (unpaired) electrons. The van der Waals surface area contributed by atoms with Gasteiger partial charge in [-0.3, -0.25) is 4.39 Å². The number of halogens is 2. The molecule has 1 amide bonds. The lowest BCUT2D eigenvalue weighted by Gasteiger charge is -2.27. The van der Waals surface area contributed by atoms with Crippen LogP contribution in [0.5, 0.6) is 5.75 Å². The summed E-state index contributed by atoms with van der Waals surface area (Å²) >= 11 is 0. The Hall–Kier alpha value is -2.51. The van der Waals surface area contributed by atoms with Crippen molar-refractivity contribution in [3.63, 3.8) is 0 Å². The second-order valence-corrected chi connectivity index (χ2v) is 7.32. The van der Waals surface area contributed by atoms with Gasteiger partial charge < -0.3 is 23.8 Å². The van der Waals surface area contributed by atoms with Crippen LogP contribution in [0, 0.1) is 12.7 Å². The third kappa shape index (κ3) is 6.00. The van der Waals surface area contributed by atoms with E-state index >= 15 is 0 Å². The fourth-order valence-corrected chi connectivity index (χ4v) is 2.63. The molecular weight excluding hydrogens is 372 g/mol. The van der Waals surface area contributed by atoms with Crippen molar-refractivity contribution in [2.45, 2.75) is 46.0 Å². The van der Waals surface area contributed by atoms with Crippen LogP contribution < -0.4 is 4.74 Å². The molecule has 1 aromatic rings. The van der Waals surface area contributed by atoms with Crippen LogP contribution in [0.1, 0.15) is 44.6 Å². The first-order valence-electron chi connectivity index (χ1n) is 9.14. The summed E-state index contributed by atoms with van der Waals surface area (Å²) in [5.74, 6) is -0.0120. The average molecular weight is 399 g/mol. The highest BCUT2D eigenvalue weighted by Gasteiger charge is 2.25. The molecule has 0 spiro atoms. The lowest BCUT2D eigenvalue weighted by Crippen LogP contribution is -2.39. The van der Waals surface area contributed by atoms with Crippen molar-refractivity contribution in [2.75, 3.05) is 26.4 Å². The lowest BCUT2D eigenvalue weighted by molar-refractivity contribution is -0.0278. The Morgan fingerprint density at radius 2 is 1.89 bits per heavy atom. The van der Waals surface area contributed by atoms with Crippen LogP contribution in [0.15, 0.2) is 24.7 Å².